The van der Waals surface area contributed by atoms with Crippen LogP contribution in [0.2, 0.25) is 0 Å². The topological polar surface area (TPSA) is 63.6 Å². The van der Waals surface area contributed by atoms with Crippen LogP contribution < -0.4 is 0 Å². The van der Waals surface area contributed by atoms with Gasteiger partial charge in [-0.25, -0.2) is 13.2 Å². The van der Waals surface area contributed by atoms with Gasteiger partial charge in [-0.3, -0.25) is 9.59 Å². The van der Waals surface area contributed by atoms with Crippen molar-refractivity contribution in [2.75, 3.05) is 0 Å². The van der Waals surface area contributed by atoms with Gasteiger partial charge in [0.15, 0.2) is 11.6 Å². The summed E-state index contributed by atoms with van der Waals surface area (Å²) in [7, 11) is 0. The SMILES string of the molecule is CC(C)(C)OC(=O)CC(CC(=O)O)Cc1cc(F)c(F)cc1F. The van der Waals surface area contributed by atoms with Gasteiger partial charge in [-0.15, -0.1) is 0 Å². The molecule has 0 aliphatic rings. The lowest BCUT2D eigenvalue weighted by Gasteiger charge is -2.22. The first-order chi connectivity index (χ1) is 10.5. The molecular formula is C16H19F3O4. The molecule has 1 aromatic rings. The maximum Gasteiger partial charge on any atom is 0.306 e. The number of benzene rings is 1. The van der Waals surface area contributed by atoms with Gasteiger partial charge in [-0.1, -0.05) is 0 Å². The quantitative estimate of drug-likeness (QED) is 0.640. The van der Waals surface area contributed by atoms with E-state index in [-0.39, 0.29) is 18.4 Å². The van der Waals surface area contributed by atoms with E-state index in [1.807, 2.05) is 0 Å². The molecule has 0 saturated carbocycles. The summed E-state index contributed by atoms with van der Waals surface area (Å²) in [5, 5.41) is 8.90. The van der Waals surface area contributed by atoms with E-state index in [2.05, 4.69) is 0 Å². The Kier molecular flexibility index (Phi) is 6.18. The molecule has 1 unspecified atom stereocenters. The summed E-state index contributed by atoms with van der Waals surface area (Å²) in [5.41, 5.74) is -0.920. The smallest absolute Gasteiger partial charge is 0.306 e. The Hall–Kier alpha value is -2.05. The zero-order chi connectivity index (χ0) is 17.8. The highest BCUT2D eigenvalue weighted by atomic mass is 19.2. The molecule has 23 heavy (non-hydrogen) atoms. The van der Waals surface area contributed by atoms with E-state index in [4.69, 9.17) is 9.84 Å². The number of carbonyl (C=O) groups is 2. The summed E-state index contributed by atoms with van der Waals surface area (Å²) >= 11 is 0. The molecule has 1 rings (SSSR count). The second-order valence-corrected chi connectivity index (χ2v) is 6.32. The summed E-state index contributed by atoms with van der Waals surface area (Å²) in [4.78, 5) is 22.7. The third-order valence-electron chi connectivity index (χ3n) is 2.94. The van der Waals surface area contributed by atoms with Crippen LogP contribution in [-0.4, -0.2) is 22.6 Å². The molecule has 4 nitrogen and oxygen atoms in total. The number of carboxylic acids is 1. The van der Waals surface area contributed by atoms with Crippen LogP contribution in [0.25, 0.3) is 0 Å². The number of ether oxygens (including phenoxy) is 1. The summed E-state index contributed by atoms with van der Waals surface area (Å²) in [6.07, 6.45) is -0.895. The first-order valence-electron chi connectivity index (χ1n) is 7.05. The fourth-order valence-corrected chi connectivity index (χ4v) is 2.11. The van der Waals surface area contributed by atoms with E-state index in [9.17, 15) is 22.8 Å². The maximum atomic E-state index is 13.7. The van der Waals surface area contributed by atoms with Crippen LogP contribution in [0.3, 0.4) is 0 Å². The molecule has 0 aromatic heterocycles. The number of aliphatic carboxylic acids is 1. The van der Waals surface area contributed by atoms with Crippen LogP contribution in [0.15, 0.2) is 12.1 Å². The number of esters is 1. The normalized spacial score (nSPS) is 12.8. The Labute approximate surface area is 132 Å². The van der Waals surface area contributed by atoms with Gasteiger partial charge in [0.1, 0.15) is 11.4 Å². The van der Waals surface area contributed by atoms with Crippen LogP contribution >= 0.6 is 0 Å². The van der Waals surface area contributed by atoms with Gasteiger partial charge in [0, 0.05) is 18.9 Å². The Balaban J connectivity index is 2.89. The predicted octanol–water partition coefficient (Wildman–Crippen LogP) is 3.47. The Morgan fingerprint density at radius 3 is 2.17 bits per heavy atom. The summed E-state index contributed by atoms with van der Waals surface area (Å²) in [6.45, 7) is 4.98. The van der Waals surface area contributed by atoms with Crippen molar-refractivity contribution in [3.8, 4) is 0 Å². The lowest BCUT2D eigenvalue weighted by molar-refractivity contribution is -0.156. The third kappa shape index (κ3) is 6.71. The van der Waals surface area contributed by atoms with Gasteiger partial charge in [-0.05, 0) is 44.7 Å². The molecule has 0 spiro atoms. The molecular weight excluding hydrogens is 313 g/mol. The number of carbonyl (C=O) groups excluding carboxylic acids is 1. The molecule has 1 atom stereocenters. The van der Waals surface area contributed by atoms with Crippen molar-refractivity contribution in [1.29, 1.82) is 0 Å². The lowest BCUT2D eigenvalue weighted by atomic mass is 9.92. The summed E-state index contributed by atoms with van der Waals surface area (Å²) in [6, 6.07) is 1.07. The summed E-state index contributed by atoms with van der Waals surface area (Å²) < 4.78 is 44.9. The largest absolute Gasteiger partial charge is 0.481 e. The van der Waals surface area contributed by atoms with E-state index in [0.29, 0.717) is 12.1 Å². The zero-order valence-corrected chi connectivity index (χ0v) is 13.2. The van der Waals surface area contributed by atoms with Gasteiger partial charge >= 0.3 is 11.9 Å². The first kappa shape index (κ1) is 19.0. The molecule has 1 N–H and O–H groups in total. The molecule has 0 aliphatic carbocycles. The number of carboxylic acid groups (broad SMARTS) is 1. The van der Waals surface area contributed by atoms with Crippen LogP contribution in [0.5, 0.6) is 0 Å². The van der Waals surface area contributed by atoms with Crippen molar-refractivity contribution < 1.29 is 32.6 Å². The zero-order valence-electron chi connectivity index (χ0n) is 13.2. The van der Waals surface area contributed by atoms with E-state index in [1.54, 1.807) is 20.8 Å². The predicted molar refractivity (Wildman–Crippen MR) is 76.2 cm³/mol. The first-order valence-corrected chi connectivity index (χ1v) is 7.05. The Bertz CT molecular complexity index is 594. The van der Waals surface area contributed by atoms with E-state index >= 15 is 0 Å². The fraction of sp³-hybridized carbons (Fsp3) is 0.500. The van der Waals surface area contributed by atoms with Gasteiger partial charge in [0.2, 0.25) is 0 Å². The highest BCUT2D eigenvalue weighted by Crippen LogP contribution is 2.22. The monoisotopic (exact) mass is 332 g/mol. The van der Waals surface area contributed by atoms with Crippen LogP contribution in [-0.2, 0) is 20.7 Å². The highest BCUT2D eigenvalue weighted by Gasteiger charge is 2.24. The van der Waals surface area contributed by atoms with Gasteiger partial charge < -0.3 is 9.84 Å². The van der Waals surface area contributed by atoms with Crippen molar-refractivity contribution in [1.82, 2.24) is 0 Å². The molecule has 7 heteroatoms. The minimum atomic E-state index is -1.33. The third-order valence-corrected chi connectivity index (χ3v) is 2.94. The van der Waals surface area contributed by atoms with E-state index in [0.717, 1.165) is 0 Å². The maximum absolute atomic E-state index is 13.7. The molecule has 0 saturated heterocycles. The number of hydrogen-bond acceptors (Lipinski definition) is 3. The Morgan fingerprint density at radius 1 is 1.09 bits per heavy atom. The minimum Gasteiger partial charge on any atom is -0.481 e. The van der Waals surface area contributed by atoms with Gasteiger partial charge in [0.05, 0.1) is 0 Å². The van der Waals surface area contributed by atoms with Crippen molar-refractivity contribution in [2.45, 2.75) is 45.6 Å². The number of rotatable bonds is 6. The molecule has 128 valence electrons. The molecule has 0 fully saturated rings. The van der Waals surface area contributed by atoms with E-state index < -0.39 is 47.3 Å². The van der Waals surface area contributed by atoms with Gasteiger partial charge in [-0.2, -0.15) is 0 Å². The molecule has 1 aromatic carbocycles. The van der Waals surface area contributed by atoms with Crippen molar-refractivity contribution in [3.05, 3.63) is 35.1 Å². The van der Waals surface area contributed by atoms with Crippen molar-refractivity contribution in [2.24, 2.45) is 5.92 Å². The van der Waals surface area contributed by atoms with Gasteiger partial charge in [0.25, 0.3) is 0 Å². The molecule has 0 aliphatic heterocycles. The highest BCUT2D eigenvalue weighted by molar-refractivity contribution is 5.72. The number of halogens is 3. The average molecular weight is 332 g/mol. The standard InChI is InChI=1S/C16H19F3O4/c1-16(2,3)23-15(22)6-9(5-14(20)21)4-10-7-12(18)13(19)8-11(10)17/h7-9H,4-6H2,1-3H3,(H,20,21). The second kappa shape index (κ2) is 7.48. The molecule has 0 amide bonds. The lowest BCUT2D eigenvalue weighted by Crippen LogP contribution is -2.26. The van der Waals surface area contributed by atoms with Crippen LogP contribution in [0.1, 0.15) is 39.2 Å². The summed E-state index contributed by atoms with van der Waals surface area (Å²) in [5.74, 6) is -6.14. The van der Waals surface area contributed by atoms with Crippen LogP contribution in [0, 0.1) is 23.4 Å². The van der Waals surface area contributed by atoms with Crippen LogP contribution in [0.4, 0.5) is 13.2 Å². The fourth-order valence-electron chi connectivity index (χ4n) is 2.11. The average Bonchev–Trinajstić information content (AvgIpc) is 2.32. The molecule has 0 heterocycles. The van der Waals surface area contributed by atoms with Crippen molar-refractivity contribution >= 4 is 11.9 Å². The minimum absolute atomic E-state index is 0.182. The molecule has 0 radical (unpaired) electrons. The second-order valence-electron chi connectivity index (χ2n) is 6.32. The van der Waals surface area contributed by atoms with Crippen molar-refractivity contribution in [3.63, 3.8) is 0 Å². The number of hydrogen-bond donors (Lipinski definition) is 1. The Morgan fingerprint density at radius 2 is 1.65 bits per heavy atom. The van der Waals surface area contributed by atoms with E-state index in [1.165, 1.54) is 0 Å². The molecule has 0 bridgehead atoms.